The lowest BCUT2D eigenvalue weighted by Gasteiger charge is -2.17. The highest BCUT2D eigenvalue weighted by Crippen LogP contribution is 2.26. The third kappa shape index (κ3) is 4.09. The molecule has 6 nitrogen and oxygen atoms in total. The summed E-state index contributed by atoms with van der Waals surface area (Å²) in [7, 11) is 0. The zero-order valence-corrected chi connectivity index (χ0v) is 9.75. The Bertz CT molecular complexity index is 463. The Morgan fingerprint density at radius 2 is 2.16 bits per heavy atom. The predicted molar refractivity (Wildman–Crippen MR) is 58.1 cm³/mol. The largest absolute Gasteiger partial charge is 0.595 e. The second-order valence-electron chi connectivity index (χ2n) is 3.40. The van der Waals surface area contributed by atoms with Gasteiger partial charge in [0.1, 0.15) is 11.4 Å². The fourth-order valence-corrected chi connectivity index (χ4v) is 1.26. The van der Waals surface area contributed by atoms with Crippen LogP contribution in [0, 0.1) is 5.21 Å². The number of nitrogens with one attached hydrogen (secondary N) is 2. The van der Waals surface area contributed by atoms with Crippen LogP contribution >= 0.6 is 0 Å². The maximum absolute atomic E-state index is 12.1. The minimum absolute atomic E-state index is 0.185. The molecule has 1 aromatic carbocycles. The molecule has 106 valence electrons. The topological polar surface area (TPSA) is 86.1 Å². The Hall–Kier alpha value is -1.84. The molecule has 19 heavy (non-hydrogen) atoms. The molecule has 0 saturated carbocycles. The standard InChI is InChI=1S/C10H11F3N2O4/c1-2-19-6-3-4-7(8(5-6)15(17)18)14-9(16)10(11,12)13/h3-5,15,17H,2H2,1H3,(H,14,16). The van der Waals surface area contributed by atoms with Gasteiger partial charge in [0.2, 0.25) is 0 Å². The van der Waals surface area contributed by atoms with Crippen LogP contribution in [-0.4, -0.2) is 23.9 Å². The van der Waals surface area contributed by atoms with E-state index in [1.165, 1.54) is 11.4 Å². The van der Waals surface area contributed by atoms with Gasteiger partial charge in [-0.2, -0.15) is 18.4 Å². The first-order chi connectivity index (χ1) is 8.75. The van der Waals surface area contributed by atoms with E-state index in [0.29, 0.717) is 0 Å². The van der Waals surface area contributed by atoms with E-state index in [1.807, 2.05) is 0 Å². The SMILES string of the molecule is CCOc1ccc(NC(=O)C(F)(F)F)c([NH+]([O-])O)c1. The van der Waals surface area contributed by atoms with Gasteiger partial charge in [-0.3, -0.25) is 4.79 Å². The first-order valence-corrected chi connectivity index (χ1v) is 5.14. The first kappa shape index (κ1) is 15.2. The summed E-state index contributed by atoms with van der Waals surface area (Å²) in [4.78, 5) is 10.8. The molecule has 1 amide bonds. The van der Waals surface area contributed by atoms with Crippen molar-refractivity contribution < 1.29 is 33.1 Å². The summed E-state index contributed by atoms with van der Waals surface area (Å²) in [5.74, 6) is -2.05. The molecule has 0 aliphatic heterocycles. The molecule has 0 aliphatic carbocycles. The van der Waals surface area contributed by atoms with Crippen LogP contribution in [0.15, 0.2) is 18.2 Å². The molecule has 1 rings (SSSR count). The summed E-state index contributed by atoms with van der Waals surface area (Å²) < 4.78 is 41.3. The molecular weight excluding hydrogens is 269 g/mol. The highest BCUT2D eigenvalue weighted by Gasteiger charge is 2.39. The predicted octanol–water partition coefficient (Wildman–Crippen LogP) is 0.990. The summed E-state index contributed by atoms with van der Waals surface area (Å²) in [5.41, 5.74) is -0.929. The van der Waals surface area contributed by atoms with Gasteiger partial charge >= 0.3 is 12.1 Å². The quantitative estimate of drug-likeness (QED) is 0.718. The fourth-order valence-electron chi connectivity index (χ4n) is 1.26. The van der Waals surface area contributed by atoms with Crippen LogP contribution in [-0.2, 0) is 4.79 Å². The third-order valence-corrected chi connectivity index (χ3v) is 2.04. The van der Waals surface area contributed by atoms with Crippen molar-refractivity contribution >= 4 is 17.3 Å². The van der Waals surface area contributed by atoms with E-state index in [4.69, 9.17) is 9.94 Å². The van der Waals surface area contributed by atoms with Crippen molar-refractivity contribution in [3.05, 3.63) is 23.4 Å². The highest BCUT2D eigenvalue weighted by atomic mass is 19.4. The minimum atomic E-state index is -5.09. The Balaban J connectivity index is 3.04. The van der Waals surface area contributed by atoms with Gasteiger partial charge in [0, 0.05) is 6.07 Å². The number of carbonyl (C=O) groups is 1. The van der Waals surface area contributed by atoms with Crippen LogP contribution in [0.2, 0.25) is 0 Å². The van der Waals surface area contributed by atoms with Crippen LogP contribution in [0.25, 0.3) is 0 Å². The molecule has 0 heterocycles. The number of rotatable bonds is 4. The van der Waals surface area contributed by atoms with Crippen LogP contribution < -0.4 is 15.3 Å². The number of ether oxygens (including phenoxy) is 1. The van der Waals surface area contributed by atoms with Crippen LogP contribution in [0.4, 0.5) is 24.5 Å². The molecule has 0 radical (unpaired) electrons. The van der Waals surface area contributed by atoms with Gasteiger partial charge in [-0.05, 0) is 19.1 Å². The number of quaternary nitrogens is 1. The Morgan fingerprint density at radius 3 is 2.63 bits per heavy atom. The fraction of sp³-hybridized carbons (Fsp3) is 0.300. The van der Waals surface area contributed by atoms with Gasteiger partial charge in [-0.25, -0.2) is 5.21 Å². The molecule has 1 unspecified atom stereocenters. The number of hydrogen-bond donors (Lipinski definition) is 3. The number of hydrogen-bond acceptors (Lipinski definition) is 4. The number of alkyl halides is 3. The molecule has 0 aromatic heterocycles. The van der Waals surface area contributed by atoms with Gasteiger partial charge in [0.25, 0.3) is 0 Å². The number of halogens is 3. The summed E-state index contributed by atoms with van der Waals surface area (Å²) in [6.07, 6.45) is -5.09. The zero-order valence-electron chi connectivity index (χ0n) is 9.75. The maximum atomic E-state index is 12.1. The lowest BCUT2D eigenvalue weighted by atomic mass is 10.2. The van der Waals surface area contributed by atoms with Gasteiger partial charge in [-0.15, -0.1) is 0 Å². The maximum Gasteiger partial charge on any atom is 0.471 e. The van der Waals surface area contributed by atoms with E-state index >= 15 is 0 Å². The second kappa shape index (κ2) is 5.87. The third-order valence-electron chi connectivity index (χ3n) is 2.04. The molecule has 3 N–H and O–H groups in total. The van der Waals surface area contributed by atoms with Crippen molar-refractivity contribution in [1.82, 2.24) is 0 Å². The molecule has 0 spiro atoms. The molecule has 0 aliphatic rings. The zero-order chi connectivity index (χ0) is 14.6. The Labute approximate surface area is 105 Å². The van der Waals surface area contributed by atoms with Crippen molar-refractivity contribution in [1.29, 1.82) is 0 Å². The van der Waals surface area contributed by atoms with Crippen molar-refractivity contribution in [2.45, 2.75) is 13.1 Å². The molecule has 0 saturated heterocycles. The van der Waals surface area contributed by atoms with E-state index in [-0.39, 0.29) is 12.4 Å². The Kier molecular flexibility index (Phi) is 4.70. The average molecular weight is 280 g/mol. The van der Waals surface area contributed by atoms with E-state index in [0.717, 1.165) is 12.1 Å². The number of benzene rings is 1. The minimum Gasteiger partial charge on any atom is -0.595 e. The van der Waals surface area contributed by atoms with Crippen molar-refractivity contribution in [3.8, 4) is 5.75 Å². The number of amides is 1. The summed E-state index contributed by atoms with van der Waals surface area (Å²) in [6, 6.07) is 3.35. The monoisotopic (exact) mass is 280 g/mol. The van der Waals surface area contributed by atoms with Crippen LogP contribution in [0.1, 0.15) is 6.92 Å². The summed E-state index contributed by atoms with van der Waals surface area (Å²) in [6.45, 7) is 1.94. The molecule has 1 atom stereocenters. The summed E-state index contributed by atoms with van der Waals surface area (Å²) in [5, 5.41) is 19.8. The van der Waals surface area contributed by atoms with E-state index in [1.54, 1.807) is 6.92 Å². The van der Waals surface area contributed by atoms with Crippen molar-refractivity contribution in [2.75, 3.05) is 11.9 Å². The second-order valence-corrected chi connectivity index (χ2v) is 3.40. The number of carbonyl (C=O) groups excluding carboxylic acids is 1. The molecular formula is C10H11F3N2O4. The first-order valence-electron chi connectivity index (χ1n) is 5.14. The normalized spacial score (nSPS) is 12.9. The lowest BCUT2D eigenvalue weighted by Crippen LogP contribution is -2.99. The van der Waals surface area contributed by atoms with Crippen molar-refractivity contribution in [2.24, 2.45) is 0 Å². The lowest BCUT2D eigenvalue weighted by molar-refractivity contribution is -0.990. The van der Waals surface area contributed by atoms with Gasteiger partial charge in [0.15, 0.2) is 5.69 Å². The van der Waals surface area contributed by atoms with Crippen LogP contribution in [0.3, 0.4) is 0 Å². The average Bonchev–Trinajstić information content (AvgIpc) is 2.29. The van der Waals surface area contributed by atoms with Crippen LogP contribution in [0.5, 0.6) is 5.75 Å². The molecule has 0 bridgehead atoms. The Morgan fingerprint density at radius 1 is 1.53 bits per heavy atom. The number of anilines is 1. The molecule has 9 heteroatoms. The van der Waals surface area contributed by atoms with E-state index in [2.05, 4.69) is 0 Å². The smallest absolute Gasteiger partial charge is 0.471 e. The van der Waals surface area contributed by atoms with Gasteiger partial charge in [-0.1, -0.05) is 0 Å². The van der Waals surface area contributed by atoms with Gasteiger partial charge < -0.3 is 15.3 Å². The van der Waals surface area contributed by atoms with E-state index < -0.39 is 28.7 Å². The van der Waals surface area contributed by atoms with Gasteiger partial charge in [0.05, 0.1) is 6.61 Å². The van der Waals surface area contributed by atoms with E-state index in [9.17, 15) is 23.2 Å². The molecule has 1 aromatic rings. The molecule has 0 fully saturated rings. The summed E-state index contributed by atoms with van der Waals surface area (Å²) >= 11 is 0. The van der Waals surface area contributed by atoms with Crippen molar-refractivity contribution in [3.63, 3.8) is 0 Å². The highest BCUT2D eigenvalue weighted by molar-refractivity contribution is 5.96.